The molecule has 1 aromatic heterocycles. The van der Waals surface area contributed by atoms with Crippen molar-refractivity contribution in [2.24, 2.45) is 0 Å². The van der Waals surface area contributed by atoms with E-state index in [1.165, 1.54) is 30.6 Å². The number of hydrogen-bond donors (Lipinski definition) is 1. The molecule has 0 atom stereocenters. The fourth-order valence-corrected chi connectivity index (χ4v) is 2.93. The van der Waals surface area contributed by atoms with Crippen LogP contribution in [0.4, 0.5) is 0 Å². The predicted octanol–water partition coefficient (Wildman–Crippen LogP) is 3.88. The van der Waals surface area contributed by atoms with Crippen molar-refractivity contribution in [1.82, 2.24) is 4.98 Å². The molecule has 0 fully saturated rings. The summed E-state index contributed by atoms with van der Waals surface area (Å²) >= 11 is 1.49. The molecule has 5 nitrogen and oxygen atoms in total. The van der Waals surface area contributed by atoms with E-state index in [4.69, 9.17) is 9.47 Å². The highest BCUT2D eigenvalue weighted by Gasteiger charge is 2.14. The lowest BCUT2D eigenvalue weighted by Crippen LogP contribution is -2.06. The molecule has 0 saturated heterocycles. The Morgan fingerprint density at radius 3 is 2.71 bits per heavy atom. The second kappa shape index (κ2) is 7.14. The molecule has 0 bridgehead atoms. The van der Waals surface area contributed by atoms with Crippen LogP contribution in [0.5, 0.6) is 11.5 Å². The number of nitrogens with zero attached hydrogens (tertiary/aromatic N) is 1. The highest BCUT2D eigenvalue weighted by Crippen LogP contribution is 2.26. The largest absolute Gasteiger partial charge is 0.507 e. The SMILES string of the molecule is COc1ccc(C(=O)OCc2csc(-c3ccccc3)n2)c(O)c1. The van der Waals surface area contributed by atoms with Crippen LogP contribution >= 0.6 is 11.3 Å². The maximum Gasteiger partial charge on any atom is 0.342 e. The highest BCUT2D eigenvalue weighted by atomic mass is 32.1. The second-order valence-electron chi connectivity index (χ2n) is 4.97. The summed E-state index contributed by atoms with van der Waals surface area (Å²) in [7, 11) is 1.49. The smallest absolute Gasteiger partial charge is 0.342 e. The number of carbonyl (C=O) groups is 1. The summed E-state index contributed by atoms with van der Waals surface area (Å²) in [6.45, 7) is 0.0492. The molecular formula is C18H15NO4S. The van der Waals surface area contributed by atoms with Crippen molar-refractivity contribution in [3.8, 4) is 22.1 Å². The van der Waals surface area contributed by atoms with Crippen molar-refractivity contribution in [1.29, 1.82) is 0 Å². The van der Waals surface area contributed by atoms with E-state index in [0.717, 1.165) is 10.6 Å². The first-order chi connectivity index (χ1) is 11.7. The van der Waals surface area contributed by atoms with E-state index >= 15 is 0 Å². The molecule has 0 unspecified atom stereocenters. The Balaban J connectivity index is 1.66. The third kappa shape index (κ3) is 3.55. The molecule has 0 saturated carbocycles. The Kier molecular flexibility index (Phi) is 4.77. The van der Waals surface area contributed by atoms with Gasteiger partial charge in [0.1, 0.15) is 28.7 Å². The number of phenols is 1. The second-order valence-corrected chi connectivity index (χ2v) is 5.83. The van der Waals surface area contributed by atoms with Gasteiger partial charge in [-0.2, -0.15) is 0 Å². The van der Waals surface area contributed by atoms with Crippen LogP contribution < -0.4 is 4.74 Å². The zero-order chi connectivity index (χ0) is 16.9. The van der Waals surface area contributed by atoms with Gasteiger partial charge in [-0.3, -0.25) is 0 Å². The lowest BCUT2D eigenvalue weighted by molar-refractivity contribution is 0.0465. The number of phenolic OH excluding ortho intramolecular Hbond substituents is 1. The quantitative estimate of drug-likeness (QED) is 0.713. The molecule has 0 spiro atoms. The fourth-order valence-electron chi connectivity index (χ4n) is 2.11. The maximum atomic E-state index is 12.1. The molecule has 6 heteroatoms. The summed E-state index contributed by atoms with van der Waals surface area (Å²) in [5, 5.41) is 12.6. The number of hydrogen-bond acceptors (Lipinski definition) is 6. The molecule has 0 aliphatic heterocycles. The van der Waals surface area contributed by atoms with E-state index in [9.17, 15) is 9.90 Å². The minimum absolute atomic E-state index is 0.0492. The zero-order valence-corrected chi connectivity index (χ0v) is 13.7. The standard InChI is InChI=1S/C18H15NO4S/c1-22-14-7-8-15(16(20)9-14)18(21)23-10-13-11-24-17(19-13)12-5-3-2-4-6-12/h2-9,11,20H,10H2,1H3. The average Bonchev–Trinajstić information content (AvgIpc) is 3.09. The number of rotatable bonds is 5. The number of aromatic nitrogens is 1. The van der Waals surface area contributed by atoms with Gasteiger partial charge in [0.05, 0.1) is 12.8 Å². The van der Waals surface area contributed by atoms with Crippen LogP contribution in [0.25, 0.3) is 10.6 Å². The van der Waals surface area contributed by atoms with Crippen molar-refractivity contribution >= 4 is 17.3 Å². The first kappa shape index (κ1) is 16.0. The van der Waals surface area contributed by atoms with Gasteiger partial charge in [-0.05, 0) is 12.1 Å². The van der Waals surface area contributed by atoms with Crippen LogP contribution in [0.3, 0.4) is 0 Å². The van der Waals surface area contributed by atoms with Crippen molar-refractivity contribution in [3.63, 3.8) is 0 Å². The van der Waals surface area contributed by atoms with E-state index in [0.29, 0.717) is 11.4 Å². The van der Waals surface area contributed by atoms with Gasteiger partial charge in [0, 0.05) is 17.0 Å². The first-order valence-electron chi connectivity index (χ1n) is 7.21. The molecule has 1 N–H and O–H groups in total. The van der Waals surface area contributed by atoms with Crippen molar-refractivity contribution in [2.45, 2.75) is 6.61 Å². The minimum Gasteiger partial charge on any atom is -0.507 e. The summed E-state index contributed by atoms with van der Waals surface area (Å²) in [4.78, 5) is 16.5. The molecule has 0 amide bonds. The molecule has 3 rings (SSSR count). The van der Waals surface area contributed by atoms with Gasteiger partial charge in [-0.1, -0.05) is 30.3 Å². The summed E-state index contributed by atoms with van der Waals surface area (Å²) < 4.78 is 10.2. The highest BCUT2D eigenvalue weighted by molar-refractivity contribution is 7.13. The molecule has 24 heavy (non-hydrogen) atoms. The molecule has 1 heterocycles. The van der Waals surface area contributed by atoms with E-state index in [1.54, 1.807) is 6.07 Å². The monoisotopic (exact) mass is 341 g/mol. The van der Waals surface area contributed by atoms with Gasteiger partial charge >= 0.3 is 5.97 Å². The van der Waals surface area contributed by atoms with Crippen LogP contribution in [-0.4, -0.2) is 23.2 Å². The van der Waals surface area contributed by atoms with Gasteiger partial charge in [0.15, 0.2) is 0 Å². The minimum atomic E-state index is -0.607. The number of aromatic hydroxyl groups is 1. The Morgan fingerprint density at radius 2 is 2.00 bits per heavy atom. The molecule has 0 aliphatic rings. The van der Waals surface area contributed by atoms with Gasteiger partial charge in [0.25, 0.3) is 0 Å². The zero-order valence-electron chi connectivity index (χ0n) is 12.9. The molecule has 0 aliphatic carbocycles. The van der Waals surface area contributed by atoms with Crippen LogP contribution in [0, 0.1) is 0 Å². The predicted molar refractivity (Wildman–Crippen MR) is 91.3 cm³/mol. The molecule has 2 aromatic carbocycles. The summed E-state index contributed by atoms with van der Waals surface area (Å²) in [6, 6.07) is 14.2. The van der Waals surface area contributed by atoms with E-state index in [-0.39, 0.29) is 17.9 Å². The van der Waals surface area contributed by atoms with Gasteiger partial charge in [-0.25, -0.2) is 9.78 Å². The average molecular weight is 341 g/mol. The fraction of sp³-hybridized carbons (Fsp3) is 0.111. The Bertz CT molecular complexity index is 845. The number of carbonyl (C=O) groups excluding carboxylic acids is 1. The number of ether oxygens (including phenoxy) is 2. The first-order valence-corrected chi connectivity index (χ1v) is 8.09. The Hall–Kier alpha value is -2.86. The number of methoxy groups -OCH3 is 1. The molecule has 122 valence electrons. The molecule has 3 aromatic rings. The van der Waals surface area contributed by atoms with Crippen molar-refractivity contribution in [2.75, 3.05) is 7.11 Å². The van der Waals surface area contributed by atoms with E-state index in [1.807, 2.05) is 35.7 Å². The summed E-state index contributed by atoms with van der Waals surface area (Å²) in [5.74, 6) is -0.317. The van der Waals surface area contributed by atoms with Crippen LogP contribution in [0.15, 0.2) is 53.9 Å². The van der Waals surface area contributed by atoms with Crippen LogP contribution in [0.1, 0.15) is 16.1 Å². The Labute approximate surface area is 143 Å². The maximum absolute atomic E-state index is 12.1. The third-order valence-electron chi connectivity index (χ3n) is 3.35. The van der Waals surface area contributed by atoms with Gasteiger partial charge in [-0.15, -0.1) is 11.3 Å². The normalized spacial score (nSPS) is 10.4. The van der Waals surface area contributed by atoms with Gasteiger partial charge < -0.3 is 14.6 Å². The van der Waals surface area contributed by atoms with Crippen molar-refractivity contribution in [3.05, 3.63) is 65.2 Å². The number of esters is 1. The molecule has 0 radical (unpaired) electrons. The number of benzene rings is 2. The van der Waals surface area contributed by atoms with Crippen molar-refractivity contribution < 1.29 is 19.4 Å². The molecular weight excluding hydrogens is 326 g/mol. The lowest BCUT2D eigenvalue weighted by Gasteiger charge is -2.06. The van der Waals surface area contributed by atoms with Crippen LogP contribution in [0.2, 0.25) is 0 Å². The lowest BCUT2D eigenvalue weighted by atomic mass is 10.2. The topological polar surface area (TPSA) is 68.7 Å². The number of thiazole rings is 1. The van der Waals surface area contributed by atoms with E-state index in [2.05, 4.69) is 4.98 Å². The summed E-state index contributed by atoms with van der Waals surface area (Å²) in [6.07, 6.45) is 0. The third-order valence-corrected chi connectivity index (χ3v) is 4.29. The Morgan fingerprint density at radius 1 is 1.21 bits per heavy atom. The van der Waals surface area contributed by atoms with E-state index < -0.39 is 5.97 Å². The van der Waals surface area contributed by atoms with Gasteiger partial charge in [0.2, 0.25) is 0 Å². The summed E-state index contributed by atoms with van der Waals surface area (Å²) in [5.41, 5.74) is 1.78. The van der Waals surface area contributed by atoms with Crippen LogP contribution in [-0.2, 0) is 11.3 Å².